The maximum atomic E-state index is 13.3. The Morgan fingerprint density at radius 1 is 1.50 bits per heavy atom. The molecule has 1 aromatic rings. The average Bonchev–Trinajstić information content (AvgIpc) is 2.58. The molecule has 1 aliphatic heterocycles. The van der Waals surface area contributed by atoms with E-state index in [1.165, 1.54) is 6.07 Å². The van der Waals surface area contributed by atoms with E-state index in [-0.39, 0.29) is 11.9 Å². The molecule has 0 bridgehead atoms. The van der Waals surface area contributed by atoms with E-state index < -0.39 is 0 Å². The van der Waals surface area contributed by atoms with E-state index in [0.717, 1.165) is 18.5 Å². The van der Waals surface area contributed by atoms with Crippen LogP contribution >= 0.6 is 11.6 Å². The normalized spacial score (nSPS) is 26.2. The standard InChI is InChI=1S/C12H16ClFN2/c1-16-3-2-8(7-15)12(16)9-4-10(13)6-11(14)5-9/h4-6,8,12H,2-3,7,15H2,1H3. The number of nitrogens with two attached hydrogens (primary N) is 1. The smallest absolute Gasteiger partial charge is 0.125 e. The molecule has 88 valence electrons. The molecule has 0 aromatic heterocycles. The quantitative estimate of drug-likeness (QED) is 0.863. The molecule has 0 spiro atoms. The Bertz CT molecular complexity index is 363. The fourth-order valence-corrected chi connectivity index (χ4v) is 2.78. The van der Waals surface area contributed by atoms with Crippen molar-refractivity contribution in [2.24, 2.45) is 11.7 Å². The van der Waals surface area contributed by atoms with E-state index >= 15 is 0 Å². The van der Waals surface area contributed by atoms with Crippen LogP contribution in [0.1, 0.15) is 18.0 Å². The maximum Gasteiger partial charge on any atom is 0.125 e. The maximum absolute atomic E-state index is 13.3. The Morgan fingerprint density at radius 2 is 2.25 bits per heavy atom. The van der Waals surface area contributed by atoms with Gasteiger partial charge in [0.1, 0.15) is 5.82 Å². The van der Waals surface area contributed by atoms with Crippen LogP contribution in [0.2, 0.25) is 5.02 Å². The zero-order chi connectivity index (χ0) is 11.7. The number of likely N-dealkylation sites (tertiary alicyclic amines) is 1. The summed E-state index contributed by atoms with van der Waals surface area (Å²) >= 11 is 5.88. The second-order valence-electron chi connectivity index (χ2n) is 4.41. The summed E-state index contributed by atoms with van der Waals surface area (Å²) in [6, 6.07) is 4.91. The second kappa shape index (κ2) is 4.70. The van der Waals surface area contributed by atoms with Crippen LogP contribution in [0.4, 0.5) is 4.39 Å². The summed E-state index contributed by atoms with van der Waals surface area (Å²) < 4.78 is 13.3. The third kappa shape index (κ3) is 2.21. The predicted octanol–water partition coefficient (Wildman–Crippen LogP) is 2.43. The van der Waals surface area contributed by atoms with Gasteiger partial charge in [0.25, 0.3) is 0 Å². The van der Waals surface area contributed by atoms with E-state index in [1.807, 2.05) is 13.1 Å². The van der Waals surface area contributed by atoms with Crippen LogP contribution in [0.25, 0.3) is 0 Å². The Labute approximate surface area is 100 Å². The van der Waals surface area contributed by atoms with Gasteiger partial charge in [-0.05, 0) is 56.2 Å². The van der Waals surface area contributed by atoms with Crippen molar-refractivity contribution in [1.82, 2.24) is 4.90 Å². The van der Waals surface area contributed by atoms with E-state index in [4.69, 9.17) is 17.3 Å². The van der Waals surface area contributed by atoms with E-state index in [1.54, 1.807) is 6.07 Å². The second-order valence-corrected chi connectivity index (χ2v) is 4.85. The van der Waals surface area contributed by atoms with Gasteiger partial charge in [0.05, 0.1) is 0 Å². The van der Waals surface area contributed by atoms with Crippen molar-refractivity contribution in [1.29, 1.82) is 0 Å². The van der Waals surface area contributed by atoms with Gasteiger partial charge in [-0.15, -0.1) is 0 Å². The van der Waals surface area contributed by atoms with Crippen molar-refractivity contribution in [2.45, 2.75) is 12.5 Å². The number of hydrogen-bond acceptors (Lipinski definition) is 2. The molecule has 2 N–H and O–H groups in total. The molecule has 1 aliphatic rings. The van der Waals surface area contributed by atoms with E-state index in [0.29, 0.717) is 17.5 Å². The number of hydrogen-bond donors (Lipinski definition) is 1. The number of benzene rings is 1. The van der Waals surface area contributed by atoms with Crippen molar-refractivity contribution in [3.8, 4) is 0 Å². The minimum atomic E-state index is -0.279. The average molecular weight is 243 g/mol. The fraction of sp³-hybridized carbons (Fsp3) is 0.500. The molecule has 1 aromatic carbocycles. The SMILES string of the molecule is CN1CCC(CN)C1c1cc(F)cc(Cl)c1. The van der Waals surface area contributed by atoms with Crippen LogP contribution in [0.3, 0.4) is 0 Å². The molecule has 1 fully saturated rings. The first-order valence-electron chi connectivity index (χ1n) is 5.48. The van der Waals surface area contributed by atoms with Crippen LogP contribution in [0.15, 0.2) is 18.2 Å². The van der Waals surface area contributed by atoms with Gasteiger partial charge >= 0.3 is 0 Å². The van der Waals surface area contributed by atoms with Crippen LogP contribution in [0.5, 0.6) is 0 Å². The first-order valence-corrected chi connectivity index (χ1v) is 5.86. The van der Waals surface area contributed by atoms with Crippen LogP contribution < -0.4 is 5.73 Å². The molecule has 2 rings (SSSR count). The Hall–Kier alpha value is -0.640. The number of halogens is 2. The van der Waals surface area contributed by atoms with Crippen molar-refractivity contribution in [3.05, 3.63) is 34.6 Å². The highest BCUT2D eigenvalue weighted by atomic mass is 35.5. The van der Waals surface area contributed by atoms with Crippen molar-refractivity contribution < 1.29 is 4.39 Å². The molecule has 2 nitrogen and oxygen atoms in total. The highest BCUT2D eigenvalue weighted by Crippen LogP contribution is 2.36. The van der Waals surface area contributed by atoms with Gasteiger partial charge in [-0.3, -0.25) is 4.90 Å². The minimum absolute atomic E-state index is 0.193. The number of rotatable bonds is 2. The topological polar surface area (TPSA) is 29.3 Å². The van der Waals surface area contributed by atoms with Gasteiger partial charge in [-0.25, -0.2) is 4.39 Å². The highest BCUT2D eigenvalue weighted by molar-refractivity contribution is 6.30. The van der Waals surface area contributed by atoms with Crippen LogP contribution in [0, 0.1) is 11.7 Å². The van der Waals surface area contributed by atoms with Gasteiger partial charge in [-0.2, -0.15) is 0 Å². The molecule has 0 amide bonds. The van der Waals surface area contributed by atoms with Crippen molar-refractivity contribution >= 4 is 11.6 Å². The zero-order valence-electron chi connectivity index (χ0n) is 9.29. The van der Waals surface area contributed by atoms with Gasteiger partial charge < -0.3 is 5.73 Å². The molecule has 0 aliphatic carbocycles. The lowest BCUT2D eigenvalue weighted by atomic mass is 9.94. The van der Waals surface area contributed by atoms with E-state index in [9.17, 15) is 4.39 Å². The van der Waals surface area contributed by atoms with Crippen molar-refractivity contribution in [3.63, 3.8) is 0 Å². The number of nitrogens with zero attached hydrogens (tertiary/aromatic N) is 1. The van der Waals surface area contributed by atoms with Gasteiger partial charge in [-0.1, -0.05) is 11.6 Å². The fourth-order valence-electron chi connectivity index (χ4n) is 2.55. The molecule has 0 radical (unpaired) electrons. The Kier molecular flexibility index (Phi) is 3.47. The first-order chi connectivity index (χ1) is 7.61. The van der Waals surface area contributed by atoms with Crippen LogP contribution in [-0.4, -0.2) is 25.0 Å². The minimum Gasteiger partial charge on any atom is -0.330 e. The van der Waals surface area contributed by atoms with Crippen molar-refractivity contribution in [2.75, 3.05) is 20.1 Å². The Morgan fingerprint density at radius 3 is 2.88 bits per heavy atom. The summed E-state index contributed by atoms with van der Waals surface area (Å²) in [5.41, 5.74) is 6.68. The third-order valence-electron chi connectivity index (χ3n) is 3.30. The van der Waals surface area contributed by atoms with E-state index in [2.05, 4.69) is 4.90 Å². The molecule has 16 heavy (non-hydrogen) atoms. The van der Waals surface area contributed by atoms with Gasteiger partial charge in [0, 0.05) is 11.1 Å². The molecule has 0 saturated carbocycles. The monoisotopic (exact) mass is 242 g/mol. The summed E-state index contributed by atoms with van der Waals surface area (Å²) in [5.74, 6) is 0.112. The summed E-state index contributed by atoms with van der Waals surface area (Å²) in [5, 5.41) is 0.450. The lowest BCUT2D eigenvalue weighted by Crippen LogP contribution is -2.25. The molecular weight excluding hydrogens is 227 g/mol. The Balaban J connectivity index is 2.34. The molecule has 2 atom stereocenters. The largest absolute Gasteiger partial charge is 0.330 e. The zero-order valence-corrected chi connectivity index (χ0v) is 10.0. The molecule has 1 heterocycles. The predicted molar refractivity (Wildman–Crippen MR) is 63.9 cm³/mol. The van der Waals surface area contributed by atoms with Crippen LogP contribution in [-0.2, 0) is 0 Å². The molecular formula is C12H16ClFN2. The summed E-state index contributed by atoms with van der Waals surface area (Å²) in [6.07, 6.45) is 1.06. The first kappa shape index (κ1) is 11.8. The van der Waals surface area contributed by atoms with Gasteiger partial charge in [0.15, 0.2) is 0 Å². The molecule has 1 saturated heterocycles. The lowest BCUT2D eigenvalue weighted by molar-refractivity contribution is 0.279. The summed E-state index contributed by atoms with van der Waals surface area (Å²) in [6.45, 7) is 1.63. The summed E-state index contributed by atoms with van der Waals surface area (Å²) in [4.78, 5) is 2.21. The summed E-state index contributed by atoms with van der Waals surface area (Å²) in [7, 11) is 2.04. The third-order valence-corrected chi connectivity index (χ3v) is 3.52. The highest BCUT2D eigenvalue weighted by Gasteiger charge is 2.32. The van der Waals surface area contributed by atoms with Gasteiger partial charge in [0.2, 0.25) is 0 Å². The lowest BCUT2D eigenvalue weighted by Gasteiger charge is -2.25. The molecule has 2 unspecified atom stereocenters. The molecule has 4 heteroatoms.